The normalized spacial score (nSPS) is 17.1. The highest BCUT2D eigenvalue weighted by Gasteiger charge is 2.36. The number of halogens is 1. The number of rotatable bonds is 2. The van der Waals surface area contributed by atoms with Crippen LogP contribution in [0.15, 0.2) is 30.5 Å². The highest BCUT2D eigenvalue weighted by Crippen LogP contribution is 2.40. The minimum Gasteiger partial charge on any atom is -0.365 e. The molecule has 0 radical (unpaired) electrons. The van der Waals surface area contributed by atoms with Crippen molar-refractivity contribution in [1.29, 1.82) is 0 Å². The average Bonchev–Trinajstić information content (AvgIpc) is 3.40. The van der Waals surface area contributed by atoms with Crippen molar-refractivity contribution in [3.8, 4) is 0 Å². The monoisotopic (exact) mass is 328 g/mol. The Labute approximate surface area is 139 Å². The molecular formula is C17H17ClN4O. The summed E-state index contributed by atoms with van der Waals surface area (Å²) in [4.78, 5) is 25.4. The van der Waals surface area contributed by atoms with Gasteiger partial charge in [-0.3, -0.25) is 4.79 Å². The first-order valence-corrected chi connectivity index (χ1v) is 8.19. The molecule has 6 heteroatoms. The molecule has 2 aliphatic rings. The minimum atomic E-state index is -0.164. The van der Waals surface area contributed by atoms with E-state index in [1.54, 1.807) is 11.8 Å². The summed E-state index contributed by atoms with van der Waals surface area (Å²) in [5.74, 6) is 0.381. The topological polar surface area (TPSA) is 49.3 Å². The molecule has 4 rings (SSSR count). The molecular weight excluding hydrogens is 312 g/mol. The highest BCUT2D eigenvalue weighted by atomic mass is 35.5. The van der Waals surface area contributed by atoms with E-state index in [1.165, 1.54) is 19.0 Å². The number of aromatic nitrogens is 2. The molecule has 1 amide bonds. The number of anilines is 2. The molecule has 1 aliphatic carbocycles. The predicted molar refractivity (Wildman–Crippen MR) is 90.3 cm³/mol. The van der Waals surface area contributed by atoms with E-state index in [9.17, 15) is 4.79 Å². The Kier molecular flexibility index (Phi) is 3.45. The van der Waals surface area contributed by atoms with Gasteiger partial charge in [-0.05, 0) is 31.9 Å². The molecule has 1 aliphatic heterocycles. The second-order valence-corrected chi connectivity index (χ2v) is 6.39. The highest BCUT2D eigenvalue weighted by molar-refractivity contribution is 6.34. The fourth-order valence-electron chi connectivity index (χ4n) is 3.09. The van der Waals surface area contributed by atoms with Crippen LogP contribution >= 0.6 is 11.6 Å². The van der Waals surface area contributed by atoms with Crippen molar-refractivity contribution >= 4 is 28.9 Å². The Bertz CT molecular complexity index is 775. The summed E-state index contributed by atoms with van der Waals surface area (Å²) in [7, 11) is 0. The second kappa shape index (κ2) is 5.49. The molecule has 1 aromatic heterocycles. The second-order valence-electron chi connectivity index (χ2n) is 5.98. The third-order valence-corrected chi connectivity index (χ3v) is 4.62. The number of nitrogens with zero attached hydrogens (tertiary/aromatic N) is 4. The van der Waals surface area contributed by atoms with Crippen LogP contribution < -0.4 is 9.80 Å². The lowest BCUT2D eigenvalue weighted by Crippen LogP contribution is -2.45. The largest absolute Gasteiger partial charge is 0.365 e. The summed E-state index contributed by atoms with van der Waals surface area (Å²) in [6, 6.07) is 8.68. The van der Waals surface area contributed by atoms with Crippen molar-refractivity contribution < 1.29 is 4.79 Å². The zero-order valence-corrected chi connectivity index (χ0v) is 13.6. The third-order valence-electron chi connectivity index (χ3n) is 4.35. The van der Waals surface area contributed by atoms with Crippen LogP contribution in [-0.4, -0.2) is 35.0 Å². The van der Waals surface area contributed by atoms with Gasteiger partial charge in [0.25, 0.3) is 5.91 Å². The van der Waals surface area contributed by atoms with Gasteiger partial charge in [0.15, 0.2) is 5.69 Å². The van der Waals surface area contributed by atoms with Crippen LogP contribution in [0, 0.1) is 6.92 Å². The average molecular weight is 329 g/mol. The van der Waals surface area contributed by atoms with Crippen molar-refractivity contribution in [2.45, 2.75) is 25.8 Å². The van der Waals surface area contributed by atoms with Gasteiger partial charge in [0.05, 0.1) is 22.6 Å². The molecule has 1 aromatic carbocycles. The van der Waals surface area contributed by atoms with Crippen LogP contribution in [0.2, 0.25) is 5.02 Å². The van der Waals surface area contributed by atoms with Crippen molar-refractivity contribution in [2.75, 3.05) is 22.9 Å². The Balaban J connectivity index is 1.73. The van der Waals surface area contributed by atoms with Crippen LogP contribution in [0.3, 0.4) is 0 Å². The molecule has 23 heavy (non-hydrogen) atoms. The number of fused-ring (bicyclic) bond motifs is 1. The van der Waals surface area contributed by atoms with Gasteiger partial charge in [0.2, 0.25) is 0 Å². The van der Waals surface area contributed by atoms with E-state index >= 15 is 0 Å². The molecule has 0 bridgehead atoms. The lowest BCUT2D eigenvalue weighted by atomic mass is 10.1. The SMILES string of the molecule is Cc1ncc(Cl)c(C(=O)N2CCN(C3CC3)c3ccccc32)n1. The van der Waals surface area contributed by atoms with Crippen LogP contribution in [0.4, 0.5) is 11.4 Å². The number of amides is 1. The van der Waals surface area contributed by atoms with E-state index in [2.05, 4.69) is 20.9 Å². The zero-order chi connectivity index (χ0) is 16.0. The molecule has 1 fully saturated rings. The summed E-state index contributed by atoms with van der Waals surface area (Å²) in [6.45, 7) is 3.24. The van der Waals surface area contributed by atoms with Crippen LogP contribution in [-0.2, 0) is 0 Å². The Morgan fingerprint density at radius 2 is 1.96 bits per heavy atom. The molecule has 2 aromatic rings. The summed E-state index contributed by atoms with van der Waals surface area (Å²) in [6.07, 6.45) is 3.96. The fraction of sp³-hybridized carbons (Fsp3) is 0.353. The minimum absolute atomic E-state index is 0.164. The zero-order valence-electron chi connectivity index (χ0n) is 12.9. The van der Waals surface area contributed by atoms with Crippen LogP contribution in [0.5, 0.6) is 0 Å². The van der Waals surface area contributed by atoms with Gasteiger partial charge in [-0.25, -0.2) is 9.97 Å². The van der Waals surface area contributed by atoms with Gasteiger partial charge in [-0.2, -0.15) is 0 Å². The van der Waals surface area contributed by atoms with Crippen molar-refractivity contribution in [3.63, 3.8) is 0 Å². The Morgan fingerprint density at radius 3 is 2.70 bits per heavy atom. The van der Waals surface area contributed by atoms with E-state index in [-0.39, 0.29) is 11.6 Å². The third kappa shape index (κ3) is 2.55. The van der Waals surface area contributed by atoms with Crippen LogP contribution in [0.1, 0.15) is 29.2 Å². The maximum absolute atomic E-state index is 13.0. The molecule has 118 valence electrons. The first-order valence-electron chi connectivity index (χ1n) is 7.82. The maximum atomic E-state index is 13.0. The quantitative estimate of drug-likeness (QED) is 0.850. The van der Waals surface area contributed by atoms with E-state index < -0.39 is 0 Å². The van der Waals surface area contributed by atoms with E-state index in [0.29, 0.717) is 23.4 Å². The number of para-hydroxylation sites is 2. The van der Waals surface area contributed by atoms with E-state index in [1.807, 2.05) is 18.2 Å². The summed E-state index contributed by atoms with van der Waals surface area (Å²) >= 11 is 6.14. The van der Waals surface area contributed by atoms with E-state index in [0.717, 1.165) is 17.9 Å². The number of aryl methyl sites for hydroxylation is 1. The number of hydrogen-bond acceptors (Lipinski definition) is 4. The molecule has 0 N–H and O–H groups in total. The summed E-state index contributed by atoms with van der Waals surface area (Å²) < 4.78 is 0. The lowest BCUT2D eigenvalue weighted by Gasteiger charge is -2.37. The fourth-order valence-corrected chi connectivity index (χ4v) is 3.27. The smallest absolute Gasteiger partial charge is 0.278 e. The van der Waals surface area contributed by atoms with Crippen LogP contribution in [0.25, 0.3) is 0 Å². The molecule has 0 spiro atoms. The molecule has 0 atom stereocenters. The maximum Gasteiger partial charge on any atom is 0.278 e. The summed E-state index contributed by atoms with van der Waals surface area (Å²) in [5, 5.41) is 0.294. The van der Waals surface area contributed by atoms with Gasteiger partial charge in [-0.1, -0.05) is 23.7 Å². The van der Waals surface area contributed by atoms with Gasteiger partial charge in [-0.15, -0.1) is 0 Å². The van der Waals surface area contributed by atoms with Gasteiger partial charge in [0, 0.05) is 19.1 Å². The lowest BCUT2D eigenvalue weighted by molar-refractivity contribution is 0.0981. The predicted octanol–water partition coefficient (Wildman–Crippen LogP) is 3.07. The number of carbonyl (C=O) groups is 1. The Morgan fingerprint density at radius 1 is 1.22 bits per heavy atom. The standard InChI is InChI=1S/C17H17ClN4O/c1-11-19-10-13(18)16(20-11)17(23)22-9-8-21(12-6-7-12)14-4-2-3-5-15(14)22/h2-5,10,12H,6-9H2,1H3. The Hall–Kier alpha value is -2.14. The number of hydrogen-bond donors (Lipinski definition) is 0. The van der Waals surface area contributed by atoms with Crippen molar-refractivity contribution in [3.05, 3.63) is 47.0 Å². The van der Waals surface area contributed by atoms with E-state index in [4.69, 9.17) is 11.6 Å². The van der Waals surface area contributed by atoms with Gasteiger partial charge in [0.1, 0.15) is 5.82 Å². The number of carbonyl (C=O) groups excluding carboxylic acids is 1. The first kappa shape index (κ1) is 14.5. The molecule has 5 nitrogen and oxygen atoms in total. The molecule has 1 saturated carbocycles. The molecule has 2 heterocycles. The van der Waals surface area contributed by atoms with Gasteiger partial charge < -0.3 is 9.80 Å². The molecule has 0 saturated heterocycles. The first-order chi connectivity index (χ1) is 11.1. The van der Waals surface area contributed by atoms with Gasteiger partial charge >= 0.3 is 0 Å². The van der Waals surface area contributed by atoms with Crippen molar-refractivity contribution in [2.24, 2.45) is 0 Å². The van der Waals surface area contributed by atoms with Crippen molar-refractivity contribution in [1.82, 2.24) is 9.97 Å². The molecule has 0 unspecified atom stereocenters. The summed E-state index contributed by atoms with van der Waals surface area (Å²) in [5.41, 5.74) is 2.33. The number of benzene rings is 1.